The van der Waals surface area contributed by atoms with Crippen LogP contribution in [0.3, 0.4) is 0 Å². The summed E-state index contributed by atoms with van der Waals surface area (Å²) in [6.45, 7) is 0.595. The lowest BCUT2D eigenvalue weighted by molar-refractivity contribution is -0.124. The van der Waals surface area contributed by atoms with E-state index in [0.717, 1.165) is 49.7 Å². The normalized spacial score (nSPS) is 25.4. The largest absolute Gasteiger partial charge is 0.352 e. The lowest BCUT2D eigenvalue weighted by Crippen LogP contribution is -2.50. The maximum Gasteiger partial charge on any atom is 0.318 e. The van der Waals surface area contributed by atoms with Crippen LogP contribution in [0.2, 0.25) is 0 Å². The zero-order valence-corrected chi connectivity index (χ0v) is 14.3. The van der Waals surface area contributed by atoms with Gasteiger partial charge in [0.2, 0.25) is 5.91 Å². The van der Waals surface area contributed by atoms with Gasteiger partial charge in [-0.05, 0) is 68.2 Å². The van der Waals surface area contributed by atoms with Crippen LogP contribution in [0.4, 0.5) is 9.18 Å². The lowest BCUT2D eigenvalue weighted by Gasteiger charge is -2.30. The number of rotatable bonds is 3. The Kier molecular flexibility index (Phi) is 4.36. The van der Waals surface area contributed by atoms with Crippen molar-refractivity contribution >= 4 is 11.9 Å². The average Bonchev–Trinajstić information content (AvgIpc) is 3.26. The molecule has 134 valence electrons. The molecule has 1 aromatic rings. The fraction of sp³-hybridized carbons (Fsp3) is 0.579. The summed E-state index contributed by atoms with van der Waals surface area (Å²) >= 11 is 0. The first-order valence-electron chi connectivity index (χ1n) is 9.27. The van der Waals surface area contributed by atoms with Gasteiger partial charge >= 0.3 is 6.03 Å². The highest BCUT2D eigenvalue weighted by atomic mass is 19.1. The second kappa shape index (κ2) is 6.65. The number of amides is 3. The Hall–Kier alpha value is -2.11. The molecule has 0 bridgehead atoms. The van der Waals surface area contributed by atoms with Crippen molar-refractivity contribution in [2.24, 2.45) is 0 Å². The summed E-state index contributed by atoms with van der Waals surface area (Å²) < 4.78 is 13.6. The van der Waals surface area contributed by atoms with Crippen molar-refractivity contribution in [3.05, 3.63) is 35.1 Å². The monoisotopic (exact) mass is 345 g/mol. The first kappa shape index (κ1) is 16.4. The number of fused-ring (bicyclic) bond motifs is 1. The Bertz CT molecular complexity index is 689. The Labute approximate surface area is 147 Å². The molecule has 2 aliphatic carbocycles. The van der Waals surface area contributed by atoms with Crippen LogP contribution in [0, 0.1) is 5.82 Å². The third kappa shape index (κ3) is 3.48. The molecule has 1 saturated heterocycles. The number of nitrogens with zero attached hydrogens (tertiary/aromatic N) is 1. The van der Waals surface area contributed by atoms with E-state index in [4.69, 9.17) is 0 Å². The molecular weight excluding hydrogens is 321 g/mol. The SMILES string of the molecule is O=C(NC1CC1)[C@@H]1CCCN1C(=O)N[C@@H]1CCCc2ccc(F)cc21. The van der Waals surface area contributed by atoms with E-state index in [2.05, 4.69) is 10.6 Å². The summed E-state index contributed by atoms with van der Waals surface area (Å²) in [7, 11) is 0. The molecule has 1 aliphatic heterocycles. The molecule has 1 heterocycles. The molecule has 3 aliphatic rings. The minimum absolute atomic E-state index is 0.0368. The molecule has 2 atom stereocenters. The highest BCUT2D eigenvalue weighted by Crippen LogP contribution is 2.31. The van der Waals surface area contributed by atoms with E-state index in [1.807, 2.05) is 6.07 Å². The van der Waals surface area contributed by atoms with Crippen LogP contribution < -0.4 is 10.6 Å². The van der Waals surface area contributed by atoms with Gasteiger partial charge < -0.3 is 15.5 Å². The first-order valence-corrected chi connectivity index (χ1v) is 9.27. The van der Waals surface area contributed by atoms with E-state index in [-0.39, 0.29) is 29.8 Å². The van der Waals surface area contributed by atoms with E-state index in [9.17, 15) is 14.0 Å². The summed E-state index contributed by atoms with van der Waals surface area (Å²) in [6, 6.07) is 4.34. The molecule has 4 rings (SSSR count). The van der Waals surface area contributed by atoms with Crippen LogP contribution in [0.1, 0.15) is 55.7 Å². The number of likely N-dealkylation sites (tertiary alicyclic amines) is 1. The number of benzene rings is 1. The average molecular weight is 345 g/mol. The summed E-state index contributed by atoms with van der Waals surface area (Å²) in [4.78, 5) is 26.8. The van der Waals surface area contributed by atoms with Crippen molar-refractivity contribution in [1.82, 2.24) is 15.5 Å². The van der Waals surface area contributed by atoms with Gasteiger partial charge in [0.05, 0.1) is 6.04 Å². The molecule has 3 amide bonds. The molecular formula is C19H24FN3O2. The van der Waals surface area contributed by atoms with Crippen molar-refractivity contribution in [2.75, 3.05) is 6.54 Å². The van der Waals surface area contributed by atoms with Gasteiger partial charge in [0.1, 0.15) is 11.9 Å². The molecule has 1 aromatic carbocycles. The molecule has 1 saturated carbocycles. The number of aryl methyl sites for hydroxylation is 1. The van der Waals surface area contributed by atoms with Gasteiger partial charge in [-0.1, -0.05) is 6.07 Å². The smallest absolute Gasteiger partial charge is 0.318 e. The van der Waals surface area contributed by atoms with Gasteiger partial charge in [0, 0.05) is 12.6 Å². The predicted octanol–water partition coefficient (Wildman–Crippen LogP) is 2.66. The molecule has 25 heavy (non-hydrogen) atoms. The Morgan fingerprint density at radius 2 is 1.92 bits per heavy atom. The van der Waals surface area contributed by atoms with Crippen molar-refractivity contribution in [3.8, 4) is 0 Å². The number of nitrogens with one attached hydrogen (secondary N) is 2. The molecule has 2 N–H and O–H groups in total. The lowest BCUT2D eigenvalue weighted by atomic mass is 9.87. The van der Waals surface area contributed by atoms with E-state index in [1.165, 1.54) is 12.1 Å². The number of urea groups is 1. The molecule has 0 unspecified atom stereocenters. The molecule has 5 nitrogen and oxygen atoms in total. The minimum atomic E-state index is -0.379. The van der Waals surface area contributed by atoms with Crippen LogP contribution in [0.5, 0.6) is 0 Å². The van der Waals surface area contributed by atoms with Gasteiger partial charge in [0.15, 0.2) is 0 Å². The molecule has 0 spiro atoms. The molecule has 2 fully saturated rings. The van der Waals surface area contributed by atoms with Gasteiger partial charge in [0.25, 0.3) is 0 Å². The summed E-state index contributed by atoms with van der Waals surface area (Å²) in [6.07, 6.45) is 6.31. The molecule has 6 heteroatoms. The van der Waals surface area contributed by atoms with Crippen LogP contribution in [0.15, 0.2) is 18.2 Å². The quantitative estimate of drug-likeness (QED) is 0.885. The second-order valence-corrected chi connectivity index (χ2v) is 7.37. The van der Waals surface area contributed by atoms with Gasteiger partial charge in [-0.3, -0.25) is 4.79 Å². The van der Waals surface area contributed by atoms with Crippen molar-refractivity contribution < 1.29 is 14.0 Å². The van der Waals surface area contributed by atoms with Gasteiger partial charge in [-0.25, -0.2) is 9.18 Å². The number of hydrogen-bond acceptors (Lipinski definition) is 2. The minimum Gasteiger partial charge on any atom is -0.352 e. The number of carbonyl (C=O) groups excluding carboxylic acids is 2. The van der Waals surface area contributed by atoms with Crippen LogP contribution in [0.25, 0.3) is 0 Å². The molecule has 0 aromatic heterocycles. The Morgan fingerprint density at radius 1 is 1.08 bits per heavy atom. The van der Waals surface area contributed by atoms with Gasteiger partial charge in [-0.15, -0.1) is 0 Å². The fourth-order valence-electron chi connectivity index (χ4n) is 3.96. The predicted molar refractivity (Wildman–Crippen MR) is 91.5 cm³/mol. The van der Waals surface area contributed by atoms with E-state index < -0.39 is 0 Å². The maximum absolute atomic E-state index is 13.6. The van der Waals surface area contributed by atoms with Crippen molar-refractivity contribution in [1.29, 1.82) is 0 Å². The highest BCUT2D eigenvalue weighted by Gasteiger charge is 2.37. The summed E-state index contributed by atoms with van der Waals surface area (Å²) in [5.74, 6) is -0.312. The second-order valence-electron chi connectivity index (χ2n) is 7.37. The third-order valence-electron chi connectivity index (χ3n) is 5.46. The van der Waals surface area contributed by atoms with Crippen molar-refractivity contribution in [3.63, 3.8) is 0 Å². The number of hydrogen-bond donors (Lipinski definition) is 2. The summed E-state index contributed by atoms with van der Waals surface area (Å²) in [5, 5.41) is 6.04. The Morgan fingerprint density at radius 3 is 2.72 bits per heavy atom. The van der Waals surface area contributed by atoms with E-state index >= 15 is 0 Å². The standard InChI is InChI=1S/C19H24FN3O2/c20-13-7-6-12-3-1-4-16(15(12)11-13)22-19(25)23-10-2-5-17(23)18(24)21-14-8-9-14/h6-7,11,14,16-17H,1-5,8-10H2,(H,21,24)(H,22,25)/t16-,17+/m1/s1. The third-order valence-corrected chi connectivity index (χ3v) is 5.46. The van der Waals surface area contributed by atoms with Crippen LogP contribution in [-0.2, 0) is 11.2 Å². The molecule has 0 radical (unpaired) electrons. The van der Waals surface area contributed by atoms with Crippen LogP contribution >= 0.6 is 0 Å². The number of halogens is 1. The Balaban J connectivity index is 1.45. The highest BCUT2D eigenvalue weighted by molar-refractivity contribution is 5.88. The summed E-state index contributed by atoms with van der Waals surface area (Å²) in [5.41, 5.74) is 1.97. The van der Waals surface area contributed by atoms with E-state index in [1.54, 1.807) is 4.90 Å². The van der Waals surface area contributed by atoms with E-state index in [0.29, 0.717) is 19.0 Å². The van der Waals surface area contributed by atoms with Gasteiger partial charge in [-0.2, -0.15) is 0 Å². The van der Waals surface area contributed by atoms with Crippen LogP contribution in [-0.4, -0.2) is 35.5 Å². The van der Waals surface area contributed by atoms with Crippen molar-refractivity contribution in [2.45, 2.75) is 63.1 Å². The maximum atomic E-state index is 13.6. The fourth-order valence-corrected chi connectivity index (χ4v) is 3.96. The topological polar surface area (TPSA) is 61.4 Å². The zero-order chi connectivity index (χ0) is 17.4. The number of carbonyl (C=O) groups is 2. The zero-order valence-electron chi connectivity index (χ0n) is 14.3. The first-order chi connectivity index (χ1) is 12.1.